The number of hydrogen-bond donors (Lipinski definition) is 0. The Morgan fingerprint density at radius 1 is 1.27 bits per heavy atom. The van der Waals surface area contributed by atoms with Crippen LogP contribution in [0.1, 0.15) is 37.6 Å². The lowest BCUT2D eigenvalue weighted by Crippen LogP contribution is -2.16. The largest absolute Gasteiger partial charge is 0.309 e. The fourth-order valence-electron chi connectivity index (χ4n) is 2.39. The zero-order chi connectivity index (χ0) is 16.3. The number of nitrogens with zero attached hydrogens (tertiary/aromatic N) is 4. The summed E-state index contributed by atoms with van der Waals surface area (Å²) in [6, 6.07) is 6.26. The predicted molar refractivity (Wildman–Crippen MR) is 95.2 cm³/mol. The third-order valence-corrected chi connectivity index (χ3v) is 4.50. The summed E-state index contributed by atoms with van der Waals surface area (Å²) in [5, 5.41) is 4.74. The summed E-state index contributed by atoms with van der Waals surface area (Å²) < 4.78 is 3.19. The molecule has 0 spiro atoms. The highest BCUT2D eigenvalue weighted by molar-refractivity contribution is 9.10. The summed E-state index contributed by atoms with van der Waals surface area (Å²) in [7, 11) is 4.20. The van der Waals surface area contributed by atoms with Crippen LogP contribution in [0.3, 0.4) is 0 Å². The topological polar surface area (TPSA) is 34.0 Å². The van der Waals surface area contributed by atoms with Gasteiger partial charge in [0.25, 0.3) is 0 Å². The van der Waals surface area contributed by atoms with Crippen LogP contribution in [0, 0.1) is 6.92 Å². The molecule has 0 saturated carbocycles. The summed E-state index contributed by atoms with van der Waals surface area (Å²) in [6.45, 7) is 8.40. The lowest BCUT2D eigenvalue weighted by Gasteiger charge is -2.11. The maximum absolute atomic E-state index is 4.77. The smallest absolute Gasteiger partial charge is 0.181 e. The second-order valence-electron chi connectivity index (χ2n) is 6.29. The van der Waals surface area contributed by atoms with E-state index >= 15 is 0 Å². The minimum Gasteiger partial charge on any atom is -0.309 e. The van der Waals surface area contributed by atoms with Gasteiger partial charge in [0, 0.05) is 22.5 Å². The molecule has 0 unspecified atom stereocenters. The average molecular weight is 365 g/mol. The van der Waals surface area contributed by atoms with Gasteiger partial charge < -0.3 is 4.90 Å². The standard InChI is InChI=1S/C17H25BrN4/c1-12(2)17-19-16(14-7-8-15(18)13(3)11-14)20-22(17)10-6-9-21(4)5/h7-8,11-12H,6,9-10H2,1-5H3. The monoisotopic (exact) mass is 364 g/mol. The van der Waals surface area contributed by atoms with E-state index in [9.17, 15) is 0 Å². The highest BCUT2D eigenvalue weighted by Crippen LogP contribution is 2.24. The van der Waals surface area contributed by atoms with E-state index in [-0.39, 0.29) is 0 Å². The highest BCUT2D eigenvalue weighted by atomic mass is 79.9. The predicted octanol–water partition coefficient (Wildman–Crippen LogP) is 4.09. The normalized spacial score (nSPS) is 11.6. The third kappa shape index (κ3) is 4.17. The maximum Gasteiger partial charge on any atom is 0.181 e. The van der Waals surface area contributed by atoms with Gasteiger partial charge in [-0.1, -0.05) is 29.8 Å². The minimum atomic E-state index is 0.372. The summed E-state index contributed by atoms with van der Waals surface area (Å²) in [6.07, 6.45) is 1.08. The van der Waals surface area contributed by atoms with Crippen LogP contribution in [0.2, 0.25) is 0 Å². The molecule has 1 aromatic heterocycles. The maximum atomic E-state index is 4.77. The van der Waals surface area contributed by atoms with Crippen molar-refractivity contribution in [1.82, 2.24) is 19.7 Å². The lowest BCUT2D eigenvalue weighted by atomic mass is 10.1. The molecule has 1 heterocycles. The molecule has 22 heavy (non-hydrogen) atoms. The van der Waals surface area contributed by atoms with Gasteiger partial charge in [-0.3, -0.25) is 0 Å². The number of aromatic nitrogens is 3. The summed E-state index contributed by atoms with van der Waals surface area (Å²) >= 11 is 3.54. The van der Waals surface area contributed by atoms with Crippen LogP contribution < -0.4 is 0 Å². The summed E-state index contributed by atoms with van der Waals surface area (Å²) in [5.74, 6) is 2.26. The van der Waals surface area contributed by atoms with Crippen molar-refractivity contribution in [2.75, 3.05) is 20.6 Å². The number of rotatable bonds is 6. The summed E-state index contributed by atoms with van der Waals surface area (Å²) in [5.41, 5.74) is 2.28. The fourth-order valence-corrected chi connectivity index (χ4v) is 2.64. The van der Waals surface area contributed by atoms with Gasteiger partial charge in [0.15, 0.2) is 5.82 Å². The van der Waals surface area contributed by atoms with Gasteiger partial charge in [-0.15, -0.1) is 0 Å². The van der Waals surface area contributed by atoms with Gasteiger partial charge in [-0.2, -0.15) is 5.10 Å². The molecule has 1 aromatic carbocycles. The zero-order valence-electron chi connectivity index (χ0n) is 14.1. The molecule has 120 valence electrons. The molecule has 0 fully saturated rings. The molecule has 2 rings (SSSR count). The Balaban J connectivity index is 2.27. The third-order valence-electron chi connectivity index (χ3n) is 3.61. The Bertz CT molecular complexity index is 632. The quantitative estimate of drug-likeness (QED) is 0.773. The van der Waals surface area contributed by atoms with Gasteiger partial charge in [-0.25, -0.2) is 9.67 Å². The van der Waals surface area contributed by atoms with Crippen LogP contribution >= 0.6 is 15.9 Å². The molecule has 0 N–H and O–H groups in total. The average Bonchev–Trinajstić information content (AvgIpc) is 2.86. The van der Waals surface area contributed by atoms with E-state index in [2.05, 4.69) is 78.6 Å². The molecule has 4 nitrogen and oxygen atoms in total. The van der Waals surface area contributed by atoms with Gasteiger partial charge in [0.1, 0.15) is 5.82 Å². The van der Waals surface area contributed by atoms with Crippen LogP contribution in [0.15, 0.2) is 22.7 Å². The fraction of sp³-hybridized carbons (Fsp3) is 0.529. The van der Waals surface area contributed by atoms with Crippen molar-refractivity contribution in [3.63, 3.8) is 0 Å². The van der Waals surface area contributed by atoms with Crippen molar-refractivity contribution in [2.45, 2.75) is 39.7 Å². The first kappa shape index (κ1) is 17.2. The Hall–Kier alpha value is -1.20. The lowest BCUT2D eigenvalue weighted by molar-refractivity contribution is 0.377. The van der Waals surface area contributed by atoms with Crippen molar-refractivity contribution < 1.29 is 0 Å². The second kappa shape index (κ2) is 7.38. The van der Waals surface area contributed by atoms with E-state index in [1.54, 1.807) is 0 Å². The first-order chi connectivity index (χ1) is 10.4. The molecule has 0 amide bonds. The number of benzene rings is 1. The number of halogens is 1. The van der Waals surface area contributed by atoms with E-state index < -0.39 is 0 Å². The molecule has 0 atom stereocenters. The molecule has 5 heteroatoms. The highest BCUT2D eigenvalue weighted by Gasteiger charge is 2.14. The Kier molecular flexibility index (Phi) is 5.75. The molecular formula is C17H25BrN4. The molecule has 0 saturated heterocycles. The first-order valence-electron chi connectivity index (χ1n) is 7.74. The van der Waals surface area contributed by atoms with E-state index in [1.807, 2.05) is 0 Å². The van der Waals surface area contributed by atoms with E-state index in [1.165, 1.54) is 5.56 Å². The molecule has 0 aliphatic rings. The van der Waals surface area contributed by atoms with Crippen LogP contribution in [-0.2, 0) is 6.54 Å². The van der Waals surface area contributed by atoms with Crippen LogP contribution in [0.25, 0.3) is 11.4 Å². The molecule has 0 aliphatic carbocycles. The Labute approximate surface area is 141 Å². The first-order valence-corrected chi connectivity index (χ1v) is 8.53. The van der Waals surface area contributed by atoms with Crippen LogP contribution in [0.4, 0.5) is 0 Å². The minimum absolute atomic E-state index is 0.372. The molecule has 0 radical (unpaired) electrons. The summed E-state index contributed by atoms with van der Waals surface area (Å²) in [4.78, 5) is 6.97. The van der Waals surface area contributed by atoms with Crippen molar-refractivity contribution in [1.29, 1.82) is 0 Å². The van der Waals surface area contributed by atoms with E-state index in [4.69, 9.17) is 10.1 Å². The van der Waals surface area contributed by atoms with Gasteiger partial charge >= 0.3 is 0 Å². The Morgan fingerprint density at radius 2 is 2.00 bits per heavy atom. The molecule has 2 aromatic rings. The number of aryl methyl sites for hydroxylation is 2. The SMILES string of the molecule is Cc1cc(-c2nc(C(C)C)n(CCCN(C)C)n2)ccc1Br. The second-order valence-corrected chi connectivity index (χ2v) is 7.15. The number of hydrogen-bond acceptors (Lipinski definition) is 3. The van der Waals surface area contributed by atoms with Crippen molar-refractivity contribution in [3.8, 4) is 11.4 Å². The zero-order valence-corrected chi connectivity index (χ0v) is 15.7. The molecular weight excluding hydrogens is 340 g/mol. The van der Waals surface area contributed by atoms with Gasteiger partial charge in [-0.05, 0) is 57.7 Å². The Morgan fingerprint density at radius 3 is 2.59 bits per heavy atom. The van der Waals surface area contributed by atoms with Gasteiger partial charge in [0.2, 0.25) is 0 Å². The van der Waals surface area contributed by atoms with Crippen molar-refractivity contribution in [3.05, 3.63) is 34.1 Å². The van der Waals surface area contributed by atoms with Crippen LogP contribution in [0.5, 0.6) is 0 Å². The van der Waals surface area contributed by atoms with Gasteiger partial charge in [0.05, 0.1) is 0 Å². The molecule has 0 aliphatic heterocycles. The van der Waals surface area contributed by atoms with Crippen molar-refractivity contribution >= 4 is 15.9 Å². The van der Waals surface area contributed by atoms with Crippen LogP contribution in [-0.4, -0.2) is 40.3 Å². The van der Waals surface area contributed by atoms with E-state index in [0.717, 1.165) is 41.2 Å². The van der Waals surface area contributed by atoms with E-state index in [0.29, 0.717) is 5.92 Å². The molecule has 0 bridgehead atoms. The van der Waals surface area contributed by atoms with Crippen molar-refractivity contribution in [2.24, 2.45) is 0 Å².